The van der Waals surface area contributed by atoms with Crippen molar-refractivity contribution in [2.75, 3.05) is 0 Å². The molecule has 1 unspecified atom stereocenters. The van der Waals surface area contributed by atoms with Gasteiger partial charge < -0.3 is 16.4 Å². The first-order valence-corrected chi connectivity index (χ1v) is 9.85. The largest absolute Gasteiger partial charge is 0.368 e. The molecule has 0 aliphatic heterocycles. The van der Waals surface area contributed by atoms with E-state index in [1.165, 1.54) is 0 Å². The molecule has 28 heavy (non-hydrogen) atoms. The van der Waals surface area contributed by atoms with Gasteiger partial charge in [0.1, 0.15) is 5.54 Å². The minimum absolute atomic E-state index is 0.348. The molecule has 1 aliphatic carbocycles. The van der Waals surface area contributed by atoms with E-state index >= 15 is 0 Å². The van der Waals surface area contributed by atoms with Crippen molar-refractivity contribution in [2.45, 2.75) is 57.0 Å². The number of hydrogen-bond donors (Lipinski definition) is 3. The van der Waals surface area contributed by atoms with Gasteiger partial charge in [-0.3, -0.25) is 9.78 Å². The molecule has 6 heteroatoms. The zero-order valence-electron chi connectivity index (χ0n) is 16.3. The topological polar surface area (TPSA) is 97.1 Å². The summed E-state index contributed by atoms with van der Waals surface area (Å²) in [6.45, 7) is 2.02. The van der Waals surface area contributed by atoms with Crippen molar-refractivity contribution >= 4 is 11.9 Å². The van der Waals surface area contributed by atoms with Gasteiger partial charge >= 0.3 is 6.03 Å². The van der Waals surface area contributed by atoms with Gasteiger partial charge in [0.2, 0.25) is 5.91 Å². The maximum Gasteiger partial charge on any atom is 0.316 e. The summed E-state index contributed by atoms with van der Waals surface area (Å²) < 4.78 is 0. The molecule has 148 valence electrons. The van der Waals surface area contributed by atoms with E-state index in [1.807, 2.05) is 43.3 Å². The van der Waals surface area contributed by atoms with E-state index in [9.17, 15) is 9.59 Å². The number of benzene rings is 1. The monoisotopic (exact) mass is 380 g/mol. The fourth-order valence-electron chi connectivity index (χ4n) is 3.82. The van der Waals surface area contributed by atoms with Crippen LogP contribution in [0.3, 0.4) is 0 Å². The number of aromatic nitrogens is 1. The maximum atomic E-state index is 12.9. The smallest absolute Gasteiger partial charge is 0.316 e. The number of carbonyl (C=O) groups is 2. The summed E-state index contributed by atoms with van der Waals surface area (Å²) in [6.07, 6.45) is 8.45. The lowest BCUT2D eigenvalue weighted by Gasteiger charge is -2.31. The Hall–Kier alpha value is -2.89. The molecule has 1 aromatic heterocycles. The highest BCUT2D eigenvalue weighted by atomic mass is 16.2. The van der Waals surface area contributed by atoms with Crippen LogP contribution in [0.4, 0.5) is 4.79 Å². The third-order valence-corrected chi connectivity index (χ3v) is 5.51. The molecule has 2 aromatic rings. The van der Waals surface area contributed by atoms with E-state index in [-0.39, 0.29) is 12.1 Å². The van der Waals surface area contributed by atoms with Crippen molar-refractivity contribution < 1.29 is 9.59 Å². The van der Waals surface area contributed by atoms with E-state index in [4.69, 9.17) is 5.73 Å². The Bertz CT molecular complexity index is 797. The van der Waals surface area contributed by atoms with Gasteiger partial charge in [-0.1, -0.05) is 55.5 Å². The summed E-state index contributed by atoms with van der Waals surface area (Å²) in [5, 5.41) is 5.94. The third-order valence-electron chi connectivity index (χ3n) is 5.51. The third kappa shape index (κ3) is 4.68. The molecule has 1 saturated carbocycles. The van der Waals surface area contributed by atoms with E-state index in [1.54, 1.807) is 12.4 Å². The second-order valence-electron chi connectivity index (χ2n) is 7.58. The Morgan fingerprint density at radius 3 is 2.11 bits per heavy atom. The summed E-state index contributed by atoms with van der Waals surface area (Å²) in [4.78, 5) is 29.2. The number of aryl methyl sites for hydroxylation is 1. The van der Waals surface area contributed by atoms with Gasteiger partial charge in [-0.15, -0.1) is 0 Å². The Morgan fingerprint density at radius 1 is 0.964 bits per heavy atom. The predicted molar refractivity (Wildman–Crippen MR) is 109 cm³/mol. The number of urea groups is 1. The number of hydrogen-bond acceptors (Lipinski definition) is 3. The van der Waals surface area contributed by atoms with Crippen LogP contribution in [0.15, 0.2) is 48.8 Å². The Balaban J connectivity index is 1.82. The zero-order valence-corrected chi connectivity index (χ0v) is 16.3. The van der Waals surface area contributed by atoms with Gasteiger partial charge in [-0.2, -0.15) is 0 Å². The molecular weight excluding hydrogens is 352 g/mol. The molecule has 0 saturated heterocycles. The molecule has 1 aromatic carbocycles. The molecule has 6 nitrogen and oxygen atoms in total. The van der Waals surface area contributed by atoms with Crippen LogP contribution < -0.4 is 16.4 Å². The van der Waals surface area contributed by atoms with Crippen molar-refractivity contribution in [3.63, 3.8) is 0 Å². The maximum absolute atomic E-state index is 12.9. The minimum Gasteiger partial charge on any atom is -0.368 e. The van der Waals surface area contributed by atoms with E-state index in [0.717, 1.165) is 42.4 Å². The summed E-state index contributed by atoms with van der Waals surface area (Å²) in [5.41, 5.74) is 7.75. The Morgan fingerprint density at radius 2 is 1.54 bits per heavy atom. The van der Waals surface area contributed by atoms with Crippen LogP contribution in [0.25, 0.3) is 0 Å². The standard InChI is InChI=1S/C22H28N4O2/c1-16-6-8-17(9-7-16)19(18-10-14-24-15-11-18)25-21(28)26-22(20(23)27)12-4-2-3-5-13-22/h6-11,14-15,19H,2-5,12-13H2,1H3,(H2,23,27)(H2,25,26,28). The molecule has 4 N–H and O–H groups in total. The van der Waals surface area contributed by atoms with Crippen molar-refractivity contribution in [1.29, 1.82) is 0 Å². The van der Waals surface area contributed by atoms with Crippen LogP contribution in [-0.4, -0.2) is 22.5 Å². The first kappa shape index (κ1) is 19.9. The predicted octanol–water partition coefficient (Wildman–Crippen LogP) is 3.36. The van der Waals surface area contributed by atoms with Gasteiger partial charge in [-0.25, -0.2) is 4.79 Å². The number of carbonyl (C=O) groups excluding carboxylic acids is 2. The van der Waals surface area contributed by atoms with Gasteiger partial charge in [0.05, 0.1) is 6.04 Å². The summed E-state index contributed by atoms with van der Waals surface area (Å²) in [5.74, 6) is -0.458. The quantitative estimate of drug-likeness (QED) is 0.694. The average Bonchev–Trinajstić information content (AvgIpc) is 2.94. The minimum atomic E-state index is -0.976. The van der Waals surface area contributed by atoms with Crippen LogP contribution in [0.5, 0.6) is 0 Å². The van der Waals surface area contributed by atoms with Crippen LogP contribution in [-0.2, 0) is 4.79 Å². The Kier molecular flexibility index (Phi) is 6.29. The number of nitrogens with one attached hydrogen (secondary N) is 2. The highest BCUT2D eigenvalue weighted by molar-refractivity contribution is 5.90. The van der Waals surface area contributed by atoms with Crippen molar-refractivity contribution in [1.82, 2.24) is 15.6 Å². The van der Waals surface area contributed by atoms with Crippen molar-refractivity contribution in [3.8, 4) is 0 Å². The second kappa shape index (κ2) is 8.87. The lowest BCUT2D eigenvalue weighted by molar-refractivity contribution is -0.124. The van der Waals surface area contributed by atoms with Crippen LogP contribution in [0.1, 0.15) is 61.3 Å². The van der Waals surface area contributed by atoms with Crippen molar-refractivity contribution in [2.24, 2.45) is 5.73 Å². The van der Waals surface area contributed by atoms with E-state index in [2.05, 4.69) is 15.6 Å². The highest BCUT2D eigenvalue weighted by Gasteiger charge is 2.38. The lowest BCUT2D eigenvalue weighted by atomic mass is 9.89. The van der Waals surface area contributed by atoms with Crippen LogP contribution >= 0.6 is 0 Å². The fraction of sp³-hybridized carbons (Fsp3) is 0.409. The number of nitrogens with two attached hydrogens (primary N) is 1. The van der Waals surface area contributed by atoms with Crippen molar-refractivity contribution in [3.05, 3.63) is 65.5 Å². The molecule has 1 heterocycles. The molecule has 0 radical (unpaired) electrons. The molecule has 1 aliphatic rings. The number of primary amides is 1. The van der Waals surface area contributed by atoms with E-state index in [0.29, 0.717) is 12.8 Å². The lowest BCUT2D eigenvalue weighted by Crippen LogP contribution is -2.59. The number of rotatable bonds is 5. The van der Waals surface area contributed by atoms with Gasteiger partial charge in [-0.05, 0) is 43.0 Å². The molecule has 3 rings (SSSR count). The molecule has 3 amide bonds. The first-order chi connectivity index (χ1) is 13.5. The molecule has 0 spiro atoms. The number of nitrogens with zero attached hydrogens (tertiary/aromatic N) is 1. The normalized spacial score (nSPS) is 17.2. The molecule has 1 fully saturated rings. The zero-order chi connectivity index (χ0) is 20.0. The number of amides is 3. The fourth-order valence-corrected chi connectivity index (χ4v) is 3.82. The Labute approximate surface area is 165 Å². The van der Waals surface area contributed by atoms with Gasteiger partial charge in [0.25, 0.3) is 0 Å². The molecular formula is C22H28N4O2. The van der Waals surface area contributed by atoms with Crippen LogP contribution in [0, 0.1) is 6.92 Å². The number of pyridine rings is 1. The van der Waals surface area contributed by atoms with Gasteiger partial charge in [0, 0.05) is 12.4 Å². The van der Waals surface area contributed by atoms with Crippen LogP contribution in [0.2, 0.25) is 0 Å². The summed E-state index contributed by atoms with van der Waals surface area (Å²) in [7, 11) is 0. The molecule has 1 atom stereocenters. The average molecular weight is 380 g/mol. The SMILES string of the molecule is Cc1ccc(C(NC(=O)NC2(C(N)=O)CCCCCC2)c2ccncc2)cc1. The molecule has 0 bridgehead atoms. The highest BCUT2D eigenvalue weighted by Crippen LogP contribution is 2.28. The van der Waals surface area contributed by atoms with Gasteiger partial charge in [0.15, 0.2) is 0 Å². The van der Waals surface area contributed by atoms with E-state index < -0.39 is 11.4 Å². The first-order valence-electron chi connectivity index (χ1n) is 9.85. The summed E-state index contributed by atoms with van der Waals surface area (Å²) in [6, 6.07) is 11.0. The summed E-state index contributed by atoms with van der Waals surface area (Å²) >= 11 is 0. The second-order valence-corrected chi connectivity index (χ2v) is 7.58.